The summed E-state index contributed by atoms with van der Waals surface area (Å²) < 4.78 is 4.99. The van der Waals surface area contributed by atoms with E-state index in [2.05, 4.69) is 29.6 Å². The van der Waals surface area contributed by atoms with E-state index < -0.39 is 24.4 Å². The third-order valence-electron chi connectivity index (χ3n) is 4.17. The molecule has 1 aromatic heterocycles. The van der Waals surface area contributed by atoms with Crippen molar-refractivity contribution in [2.45, 2.75) is 27.7 Å². The van der Waals surface area contributed by atoms with Crippen LogP contribution in [0.5, 0.6) is 0 Å². The molecule has 0 aliphatic carbocycles. The molecule has 2 rings (SSSR count). The molecule has 0 aliphatic rings. The molecule has 1 heterocycles. The molecular formula is C20H25N3O4S. The van der Waals surface area contributed by atoms with E-state index in [1.165, 1.54) is 11.3 Å². The van der Waals surface area contributed by atoms with Crippen LogP contribution in [-0.4, -0.2) is 37.5 Å². The van der Waals surface area contributed by atoms with E-state index >= 15 is 0 Å². The largest absolute Gasteiger partial charge is 0.452 e. The van der Waals surface area contributed by atoms with Crippen molar-refractivity contribution in [3.05, 3.63) is 51.2 Å². The summed E-state index contributed by atoms with van der Waals surface area (Å²) >= 11 is 1.49. The van der Waals surface area contributed by atoms with Crippen LogP contribution in [-0.2, 0) is 9.53 Å². The van der Waals surface area contributed by atoms with E-state index in [-0.39, 0.29) is 0 Å². The number of ether oxygens (including phenoxy) is 1. The highest BCUT2D eigenvalue weighted by atomic mass is 32.1. The van der Waals surface area contributed by atoms with Gasteiger partial charge in [0.2, 0.25) is 0 Å². The van der Waals surface area contributed by atoms with Crippen LogP contribution in [0.3, 0.4) is 0 Å². The van der Waals surface area contributed by atoms with Crippen LogP contribution in [0.1, 0.15) is 44.3 Å². The molecular weight excluding hydrogens is 378 g/mol. The number of aryl methyl sites for hydroxylation is 2. The Morgan fingerprint density at radius 1 is 1.04 bits per heavy atom. The molecule has 2 amide bonds. The number of hydrogen-bond acceptors (Lipinski definition) is 6. The predicted octanol–water partition coefficient (Wildman–Crippen LogP) is 2.83. The number of carbonyl (C=O) groups is 3. The summed E-state index contributed by atoms with van der Waals surface area (Å²) in [5.41, 5.74) is 6.45. The first-order chi connectivity index (χ1) is 13.3. The molecule has 0 fully saturated rings. The number of thiophene rings is 1. The zero-order valence-corrected chi connectivity index (χ0v) is 17.3. The van der Waals surface area contributed by atoms with Crippen LogP contribution in [0, 0.1) is 13.8 Å². The van der Waals surface area contributed by atoms with Gasteiger partial charge in [-0.2, -0.15) is 0 Å². The summed E-state index contributed by atoms with van der Waals surface area (Å²) in [6, 6.07) is 8.82. The van der Waals surface area contributed by atoms with E-state index in [1.54, 1.807) is 18.2 Å². The van der Waals surface area contributed by atoms with Crippen molar-refractivity contribution in [1.29, 1.82) is 0 Å². The normalized spacial score (nSPS) is 10.3. The van der Waals surface area contributed by atoms with Crippen LogP contribution in [0.4, 0.5) is 5.69 Å². The topological polar surface area (TPSA) is 87.7 Å². The summed E-state index contributed by atoms with van der Waals surface area (Å²) in [4.78, 5) is 39.9. The molecule has 0 aliphatic heterocycles. The second kappa shape index (κ2) is 9.89. The van der Waals surface area contributed by atoms with Crippen molar-refractivity contribution in [1.82, 2.24) is 10.9 Å². The first kappa shape index (κ1) is 21.4. The number of benzene rings is 1. The van der Waals surface area contributed by atoms with Gasteiger partial charge in [-0.25, -0.2) is 4.79 Å². The second-order valence-electron chi connectivity index (χ2n) is 6.12. The Balaban J connectivity index is 1.81. The number of nitrogens with zero attached hydrogens (tertiary/aromatic N) is 1. The smallest absolute Gasteiger partial charge is 0.339 e. The zero-order valence-electron chi connectivity index (χ0n) is 16.5. The highest BCUT2D eigenvalue weighted by Gasteiger charge is 2.15. The number of esters is 1. The fourth-order valence-corrected chi connectivity index (χ4v) is 3.60. The number of nitrogens with one attached hydrogen (secondary N) is 2. The average molecular weight is 404 g/mol. The Morgan fingerprint density at radius 3 is 2.21 bits per heavy atom. The number of carbonyl (C=O) groups excluding carboxylic acids is 3. The van der Waals surface area contributed by atoms with Crippen molar-refractivity contribution in [2.24, 2.45) is 0 Å². The summed E-state index contributed by atoms with van der Waals surface area (Å²) in [6.45, 7) is 9.11. The van der Waals surface area contributed by atoms with Gasteiger partial charge in [0.05, 0.1) is 5.56 Å². The quantitative estimate of drug-likeness (QED) is 0.548. The average Bonchev–Trinajstić information content (AvgIpc) is 3.03. The molecule has 0 atom stereocenters. The van der Waals surface area contributed by atoms with Gasteiger partial charge in [-0.15, -0.1) is 11.3 Å². The van der Waals surface area contributed by atoms with Crippen LogP contribution >= 0.6 is 11.3 Å². The third kappa shape index (κ3) is 5.56. The highest BCUT2D eigenvalue weighted by molar-refractivity contribution is 7.12. The van der Waals surface area contributed by atoms with E-state index in [1.807, 2.05) is 26.0 Å². The van der Waals surface area contributed by atoms with Crippen molar-refractivity contribution >= 4 is 34.8 Å². The molecule has 7 nitrogen and oxygen atoms in total. The Kier molecular flexibility index (Phi) is 7.57. The first-order valence-electron chi connectivity index (χ1n) is 9.04. The Bertz CT molecular complexity index is 842. The van der Waals surface area contributed by atoms with Crippen molar-refractivity contribution in [3.8, 4) is 0 Å². The lowest BCUT2D eigenvalue weighted by atomic mass is 10.2. The molecule has 0 unspecified atom stereocenters. The van der Waals surface area contributed by atoms with Gasteiger partial charge in [-0.1, -0.05) is 0 Å². The van der Waals surface area contributed by atoms with Gasteiger partial charge in [0, 0.05) is 34.1 Å². The molecule has 0 saturated carbocycles. The number of anilines is 1. The molecule has 8 heteroatoms. The van der Waals surface area contributed by atoms with Crippen LogP contribution in [0.2, 0.25) is 0 Å². The van der Waals surface area contributed by atoms with Crippen LogP contribution < -0.4 is 15.8 Å². The van der Waals surface area contributed by atoms with Gasteiger partial charge in [0.1, 0.15) is 0 Å². The third-order valence-corrected chi connectivity index (χ3v) is 5.13. The summed E-state index contributed by atoms with van der Waals surface area (Å²) in [7, 11) is 0. The maximum Gasteiger partial charge on any atom is 0.339 e. The molecule has 0 spiro atoms. The lowest BCUT2D eigenvalue weighted by Crippen LogP contribution is -2.43. The van der Waals surface area contributed by atoms with Gasteiger partial charge in [-0.3, -0.25) is 20.4 Å². The fourth-order valence-electron chi connectivity index (χ4n) is 2.69. The van der Waals surface area contributed by atoms with Gasteiger partial charge in [0.15, 0.2) is 6.61 Å². The van der Waals surface area contributed by atoms with E-state index in [0.29, 0.717) is 11.1 Å². The summed E-state index contributed by atoms with van der Waals surface area (Å²) in [5, 5.41) is 0. The number of hydrazine groups is 1. The first-order valence-corrected chi connectivity index (χ1v) is 9.85. The van der Waals surface area contributed by atoms with Gasteiger partial charge in [-0.05, 0) is 58.0 Å². The molecule has 0 saturated heterocycles. The zero-order chi connectivity index (χ0) is 20.7. The summed E-state index contributed by atoms with van der Waals surface area (Å²) in [6.07, 6.45) is 0. The molecule has 28 heavy (non-hydrogen) atoms. The van der Waals surface area contributed by atoms with Gasteiger partial charge < -0.3 is 9.64 Å². The number of rotatable bonds is 7. The Hall–Kier alpha value is -2.87. The lowest BCUT2D eigenvalue weighted by molar-refractivity contribution is -0.125. The molecule has 1 aromatic carbocycles. The van der Waals surface area contributed by atoms with E-state index in [9.17, 15) is 14.4 Å². The van der Waals surface area contributed by atoms with Gasteiger partial charge in [0.25, 0.3) is 11.8 Å². The number of amides is 2. The predicted molar refractivity (Wildman–Crippen MR) is 110 cm³/mol. The van der Waals surface area contributed by atoms with Crippen molar-refractivity contribution in [3.63, 3.8) is 0 Å². The standard InChI is InChI=1S/C20H25N3O4S/c1-5-23(6-2)16-9-7-15(8-10-16)19(25)22-21-18(24)12-27-20(26)17-11-13(3)28-14(17)4/h7-11H,5-6,12H2,1-4H3,(H,21,24)(H,22,25). The molecule has 0 bridgehead atoms. The Morgan fingerprint density at radius 2 is 1.68 bits per heavy atom. The van der Waals surface area contributed by atoms with Crippen molar-refractivity contribution < 1.29 is 19.1 Å². The van der Waals surface area contributed by atoms with Gasteiger partial charge >= 0.3 is 5.97 Å². The highest BCUT2D eigenvalue weighted by Crippen LogP contribution is 2.21. The summed E-state index contributed by atoms with van der Waals surface area (Å²) in [5.74, 6) is -1.63. The lowest BCUT2D eigenvalue weighted by Gasteiger charge is -2.21. The van der Waals surface area contributed by atoms with Crippen LogP contribution in [0.25, 0.3) is 0 Å². The minimum absolute atomic E-state index is 0.414. The maximum atomic E-state index is 12.1. The Labute approximate surface area is 168 Å². The fraction of sp³-hybridized carbons (Fsp3) is 0.350. The molecule has 2 N–H and O–H groups in total. The van der Waals surface area contributed by atoms with E-state index in [0.717, 1.165) is 28.5 Å². The molecule has 150 valence electrons. The van der Waals surface area contributed by atoms with Crippen LogP contribution in [0.15, 0.2) is 30.3 Å². The van der Waals surface area contributed by atoms with E-state index in [4.69, 9.17) is 4.74 Å². The second-order valence-corrected chi connectivity index (χ2v) is 7.58. The molecule has 2 aromatic rings. The molecule has 0 radical (unpaired) electrons. The minimum atomic E-state index is -0.619. The monoisotopic (exact) mass is 403 g/mol. The SMILES string of the molecule is CCN(CC)c1ccc(C(=O)NNC(=O)COC(=O)c2cc(C)sc2C)cc1. The maximum absolute atomic E-state index is 12.1. The number of hydrogen-bond donors (Lipinski definition) is 2. The van der Waals surface area contributed by atoms with Crippen molar-refractivity contribution in [2.75, 3.05) is 24.6 Å². The minimum Gasteiger partial charge on any atom is -0.452 e.